The lowest BCUT2D eigenvalue weighted by molar-refractivity contribution is 0.197. The summed E-state index contributed by atoms with van der Waals surface area (Å²) in [5.41, 5.74) is 0.700. The highest BCUT2D eigenvalue weighted by molar-refractivity contribution is 5.47. The summed E-state index contributed by atoms with van der Waals surface area (Å²) in [6, 6.07) is 4.38. The quantitative estimate of drug-likeness (QED) is 0.636. The van der Waals surface area contributed by atoms with Crippen LogP contribution in [0.5, 0.6) is 0 Å². The highest BCUT2D eigenvalue weighted by Crippen LogP contribution is 2.21. The topological polar surface area (TPSA) is 84.5 Å². The number of rotatable bonds is 5. The Balaban J connectivity index is 1.35. The first-order valence-corrected chi connectivity index (χ1v) is 8.26. The second-order valence-electron chi connectivity index (χ2n) is 6.36. The Hall–Kier alpha value is -2.81. The predicted octanol–water partition coefficient (Wildman–Crippen LogP) is -0.190. The maximum Gasteiger partial charge on any atom is 0.269 e. The normalized spacial score (nSPS) is 15.1. The van der Waals surface area contributed by atoms with Gasteiger partial charge in [-0.1, -0.05) is 0 Å². The third-order valence-electron chi connectivity index (χ3n) is 4.71. The van der Waals surface area contributed by atoms with Gasteiger partial charge in [0.25, 0.3) is 5.56 Å². The first kappa shape index (κ1) is 15.7. The number of aryl methyl sites for hydroxylation is 1. The summed E-state index contributed by atoms with van der Waals surface area (Å²) in [6.07, 6.45) is 4.71. The predicted molar refractivity (Wildman–Crippen MR) is 92.6 cm³/mol. The number of hydrogen-bond donors (Lipinski definition) is 0. The molecule has 3 aromatic rings. The minimum atomic E-state index is -0.0621. The highest BCUT2D eigenvalue weighted by atomic mass is 16.1. The molecule has 130 valence electrons. The molecule has 25 heavy (non-hydrogen) atoms. The fraction of sp³-hybridized carbons (Fsp3) is 0.438. The summed E-state index contributed by atoms with van der Waals surface area (Å²) in [5, 5.41) is 12.7. The van der Waals surface area contributed by atoms with E-state index in [2.05, 4.69) is 37.1 Å². The minimum absolute atomic E-state index is 0.0621. The third-order valence-corrected chi connectivity index (χ3v) is 4.71. The smallest absolute Gasteiger partial charge is 0.269 e. The van der Waals surface area contributed by atoms with E-state index < -0.39 is 0 Å². The summed E-state index contributed by atoms with van der Waals surface area (Å²) in [6.45, 7) is 5.21. The standard InChI is InChI=1S/C16H20N8O/c1-12-18-19-14-3-4-15(20-24(12)14)23-10-13(11-23)21(2)7-8-22-6-5-17-9-16(22)25/h3-6,9,13H,7-8,10-11H2,1-2H3. The van der Waals surface area contributed by atoms with Crippen molar-refractivity contribution in [1.82, 2.24) is 34.3 Å². The van der Waals surface area contributed by atoms with Gasteiger partial charge in [-0.15, -0.1) is 15.3 Å². The Morgan fingerprint density at radius 2 is 2.12 bits per heavy atom. The van der Waals surface area contributed by atoms with Crippen molar-refractivity contribution in [2.75, 3.05) is 31.6 Å². The number of hydrogen-bond acceptors (Lipinski definition) is 7. The molecule has 4 heterocycles. The zero-order valence-electron chi connectivity index (χ0n) is 14.3. The van der Waals surface area contributed by atoms with Crippen molar-refractivity contribution < 1.29 is 0 Å². The van der Waals surface area contributed by atoms with Crippen LogP contribution in [-0.4, -0.2) is 67.0 Å². The second kappa shape index (κ2) is 6.25. The molecule has 0 aliphatic carbocycles. The van der Waals surface area contributed by atoms with Gasteiger partial charge in [-0.25, -0.2) is 0 Å². The molecule has 1 fully saturated rings. The van der Waals surface area contributed by atoms with Crippen molar-refractivity contribution in [2.24, 2.45) is 0 Å². The molecular formula is C16H20N8O. The van der Waals surface area contributed by atoms with Crippen LogP contribution in [0.2, 0.25) is 0 Å². The van der Waals surface area contributed by atoms with E-state index >= 15 is 0 Å². The first-order chi connectivity index (χ1) is 12.1. The molecule has 9 heteroatoms. The molecule has 3 aromatic heterocycles. The van der Waals surface area contributed by atoms with Crippen LogP contribution in [0.15, 0.2) is 35.5 Å². The molecule has 0 bridgehead atoms. The molecule has 9 nitrogen and oxygen atoms in total. The highest BCUT2D eigenvalue weighted by Gasteiger charge is 2.31. The van der Waals surface area contributed by atoms with Crippen LogP contribution < -0.4 is 10.5 Å². The van der Waals surface area contributed by atoms with E-state index in [1.54, 1.807) is 21.5 Å². The monoisotopic (exact) mass is 340 g/mol. The Bertz CT molecular complexity index is 942. The third kappa shape index (κ3) is 2.98. The summed E-state index contributed by atoms with van der Waals surface area (Å²) >= 11 is 0. The van der Waals surface area contributed by atoms with Crippen LogP contribution in [0.4, 0.5) is 5.82 Å². The molecule has 0 radical (unpaired) electrons. The first-order valence-electron chi connectivity index (χ1n) is 8.26. The minimum Gasteiger partial charge on any atom is -0.352 e. The van der Waals surface area contributed by atoms with E-state index in [0.717, 1.165) is 36.9 Å². The number of likely N-dealkylation sites (N-methyl/N-ethyl adjacent to an activating group) is 1. The summed E-state index contributed by atoms with van der Waals surface area (Å²) in [7, 11) is 2.09. The zero-order valence-corrected chi connectivity index (χ0v) is 14.3. The molecule has 0 saturated carbocycles. The molecule has 0 spiro atoms. The van der Waals surface area contributed by atoms with E-state index in [1.165, 1.54) is 6.20 Å². The van der Waals surface area contributed by atoms with Gasteiger partial charge in [0.05, 0.1) is 6.20 Å². The van der Waals surface area contributed by atoms with Gasteiger partial charge in [-0.05, 0) is 26.1 Å². The molecule has 0 aromatic carbocycles. The Kier molecular flexibility index (Phi) is 3.92. The van der Waals surface area contributed by atoms with E-state index in [9.17, 15) is 4.79 Å². The Morgan fingerprint density at radius 1 is 1.28 bits per heavy atom. The molecule has 1 aliphatic rings. The number of aromatic nitrogens is 6. The zero-order chi connectivity index (χ0) is 17.4. The number of anilines is 1. The van der Waals surface area contributed by atoms with Gasteiger partial charge in [0.2, 0.25) is 0 Å². The van der Waals surface area contributed by atoms with Crippen LogP contribution in [0, 0.1) is 6.92 Å². The van der Waals surface area contributed by atoms with Gasteiger partial charge in [0.15, 0.2) is 11.5 Å². The van der Waals surface area contributed by atoms with Crippen LogP contribution in [0.25, 0.3) is 5.65 Å². The molecule has 4 rings (SSSR count). The van der Waals surface area contributed by atoms with Crippen molar-refractivity contribution in [1.29, 1.82) is 0 Å². The number of nitrogens with zero attached hydrogens (tertiary/aromatic N) is 8. The van der Waals surface area contributed by atoms with E-state index in [1.807, 2.05) is 19.1 Å². The SMILES string of the molecule is Cc1nnc2ccc(N3CC(N(C)CCn4ccncc4=O)C3)nn12. The molecule has 1 aliphatic heterocycles. The lowest BCUT2D eigenvalue weighted by Gasteiger charge is -2.44. The van der Waals surface area contributed by atoms with Gasteiger partial charge in [-0.3, -0.25) is 14.7 Å². The fourth-order valence-corrected chi connectivity index (χ4v) is 2.98. The molecule has 0 atom stereocenters. The lowest BCUT2D eigenvalue weighted by Crippen LogP contribution is -2.59. The average Bonchev–Trinajstić information content (AvgIpc) is 2.94. The molecular weight excluding hydrogens is 320 g/mol. The molecule has 0 unspecified atom stereocenters. The molecule has 1 saturated heterocycles. The Morgan fingerprint density at radius 3 is 2.92 bits per heavy atom. The van der Waals surface area contributed by atoms with Crippen LogP contribution in [0.1, 0.15) is 5.82 Å². The van der Waals surface area contributed by atoms with Crippen molar-refractivity contribution in [3.8, 4) is 0 Å². The lowest BCUT2D eigenvalue weighted by atomic mass is 10.1. The number of fused-ring (bicyclic) bond motifs is 1. The van der Waals surface area contributed by atoms with Crippen molar-refractivity contribution in [3.05, 3.63) is 46.9 Å². The fourth-order valence-electron chi connectivity index (χ4n) is 2.98. The average molecular weight is 340 g/mol. The van der Waals surface area contributed by atoms with E-state index in [4.69, 9.17) is 0 Å². The largest absolute Gasteiger partial charge is 0.352 e. The second-order valence-corrected chi connectivity index (χ2v) is 6.36. The van der Waals surface area contributed by atoms with Crippen molar-refractivity contribution in [3.63, 3.8) is 0 Å². The van der Waals surface area contributed by atoms with Gasteiger partial charge in [0, 0.05) is 44.6 Å². The van der Waals surface area contributed by atoms with Crippen LogP contribution >= 0.6 is 0 Å². The van der Waals surface area contributed by atoms with E-state index in [0.29, 0.717) is 12.6 Å². The van der Waals surface area contributed by atoms with Gasteiger partial charge >= 0.3 is 0 Å². The summed E-state index contributed by atoms with van der Waals surface area (Å²) in [5.74, 6) is 1.72. The maximum atomic E-state index is 11.7. The molecule has 0 N–H and O–H groups in total. The van der Waals surface area contributed by atoms with Gasteiger partial charge < -0.3 is 9.47 Å². The Labute approximate surface area is 144 Å². The van der Waals surface area contributed by atoms with Crippen molar-refractivity contribution in [2.45, 2.75) is 19.5 Å². The maximum absolute atomic E-state index is 11.7. The van der Waals surface area contributed by atoms with Gasteiger partial charge in [-0.2, -0.15) is 4.52 Å². The van der Waals surface area contributed by atoms with Gasteiger partial charge in [0.1, 0.15) is 5.82 Å². The van der Waals surface area contributed by atoms with E-state index in [-0.39, 0.29) is 5.56 Å². The van der Waals surface area contributed by atoms with Crippen LogP contribution in [-0.2, 0) is 6.54 Å². The van der Waals surface area contributed by atoms with Crippen LogP contribution in [0.3, 0.4) is 0 Å². The van der Waals surface area contributed by atoms with Crippen molar-refractivity contribution >= 4 is 11.5 Å². The molecule has 0 amide bonds. The summed E-state index contributed by atoms with van der Waals surface area (Å²) < 4.78 is 3.45. The summed E-state index contributed by atoms with van der Waals surface area (Å²) in [4.78, 5) is 20.0.